The minimum atomic E-state index is 0.150. The number of hydrogen-bond donors (Lipinski definition) is 1. The van der Waals surface area contributed by atoms with Gasteiger partial charge in [-0.15, -0.1) is 11.3 Å². The van der Waals surface area contributed by atoms with E-state index in [1.165, 1.54) is 9.78 Å². The summed E-state index contributed by atoms with van der Waals surface area (Å²) in [4.78, 5) is 15.8. The fourth-order valence-corrected chi connectivity index (χ4v) is 4.92. The molecule has 1 N–H and O–H groups in total. The van der Waals surface area contributed by atoms with Crippen LogP contribution in [-0.4, -0.2) is 16.9 Å². The topological polar surface area (TPSA) is 39.6 Å². The van der Waals surface area contributed by atoms with Crippen LogP contribution in [0.15, 0.2) is 70.7 Å². The number of aryl methyl sites for hydroxylation is 1. The van der Waals surface area contributed by atoms with E-state index in [0.717, 1.165) is 39.8 Å². The average Bonchev–Trinajstić information content (AvgIpc) is 3.49. The summed E-state index contributed by atoms with van der Waals surface area (Å²) < 4.78 is 7.72. The highest BCUT2D eigenvalue weighted by atomic mass is 35.5. The number of nitrogens with one attached hydrogen (secondary N) is 1. The van der Waals surface area contributed by atoms with Gasteiger partial charge in [0.05, 0.1) is 11.1 Å². The lowest BCUT2D eigenvalue weighted by molar-refractivity contribution is -0.919. The Hall–Kier alpha value is -2.60. The van der Waals surface area contributed by atoms with Crippen molar-refractivity contribution in [2.45, 2.75) is 33.5 Å². The Morgan fingerprint density at radius 3 is 2.65 bits per heavy atom. The number of ketones is 1. The number of Topliss-reactive ketones (excluding diaryl/α,β-unsaturated/α-hetero) is 1. The summed E-state index contributed by atoms with van der Waals surface area (Å²) >= 11 is 8.08. The molecule has 0 radical (unpaired) electrons. The maximum atomic E-state index is 13.3. The summed E-state index contributed by atoms with van der Waals surface area (Å²) in [6.45, 7) is 6.59. The molecule has 0 aliphatic heterocycles. The number of halogens is 1. The van der Waals surface area contributed by atoms with E-state index < -0.39 is 0 Å². The number of hydrogen-bond acceptors (Lipinski definition) is 3. The first-order valence-corrected chi connectivity index (χ1v) is 11.6. The third-order valence-electron chi connectivity index (χ3n) is 5.58. The van der Waals surface area contributed by atoms with Crippen LogP contribution in [-0.2, 0) is 19.6 Å². The van der Waals surface area contributed by atoms with Crippen LogP contribution in [0.4, 0.5) is 0 Å². The standard InChI is InChI=1S/C25H25ClN2O2S/c1-18-13-23(19(2)28(18)14-20-7-3-4-10-24(20)26)25(29)17-27(15-21-8-5-11-30-21)16-22-9-6-12-31-22/h3-13H,14-17H2,1-2H3/p+1. The number of carbonyl (C=O) groups excluding carboxylic acids is 1. The zero-order valence-corrected chi connectivity index (χ0v) is 19.3. The van der Waals surface area contributed by atoms with Crippen LogP contribution in [0.1, 0.15) is 37.9 Å². The number of aromatic nitrogens is 1. The van der Waals surface area contributed by atoms with Crippen molar-refractivity contribution in [1.29, 1.82) is 0 Å². The van der Waals surface area contributed by atoms with E-state index in [4.69, 9.17) is 16.0 Å². The molecule has 6 heteroatoms. The SMILES string of the molecule is Cc1cc(C(=O)C[NH+](Cc2ccco2)Cc2cccs2)c(C)n1Cc1ccccc1Cl. The predicted molar refractivity (Wildman–Crippen MR) is 125 cm³/mol. The zero-order valence-electron chi connectivity index (χ0n) is 17.7. The molecule has 4 rings (SSSR count). The van der Waals surface area contributed by atoms with Crippen molar-refractivity contribution in [2.75, 3.05) is 6.54 Å². The van der Waals surface area contributed by atoms with Crippen molar-refractivity contribution in [2.24, 2.45) is 0 Å². The van der Waals surface area contributed by atoms with Gasteiger partial charge in [0.15, 0.2) is 5.76 Å². The van der Waals surface area contributed by atoms with Crippen molar-refractivity contribution in [3.8, 4) is 0 Å². The van der Waals surface area contributed by atoms with Gasteiger partial charge >= 0.3 is 0 Å². The normalized spacial score (nSPS) is 12.2. The highest BCUT2D eigenvalue weighted by Crippen LogP contribution is 2.21. The smallest absolute Gasteiger partial charge is 0.218 e. The summed E-state index contributed by atoms with van der Waals surface area (Å²) in [7, 11) is 0. The lowest BCUT2D eigenvalue weighted by Crippen LogP contribution is -3.10. The van der Waals surface area contributed by atoms with E-state index in [0.29, 0.717) is 19.6 Å². The number of nitrogens with zero attached hydrogens (tertiary/aromatic N) is 1. The molecule has 4 aromatic rings. The highest BCUT2D eigenvalue weighted by Gasteiger charge is 2.22. The molecule has 0 spiro atoms. The van der Waals surface area contributed by atoms with Crippen LogP contribution in [0.2, 0.25) is 5.02 Å². The summed E-state index contributed by atoms with van der Waals surface area (Å²) in [6, 6.07) is 17.9. The summed E-state index contributed by atoms with van der Waals surface area (Å²) in [5.74, 6) is 1.04. The number of quaternary nitrogens is 1. The highest BCUT2D eigenvalue weighted by molar-refractivity contribution is 7.09. The first-order valence-electron chi connectivity index (χ1n) is 10.3. The van der Waals surface area contributed by atoms with Crippen molar-refractivity contribution in [3.05, 3.63) is 104 Å². The molecule has 0 bridgehead atoms. The number of rotatable bonds is 9. The molecular weight excluding hydrogens is 428 g/mol. The largest absolute Gasteiger partial charge is 0.463 e. The van der Waals surface area contributed by atoms with Crippen molar-refractivity contribution >= 4 is 28.7 Å². The van der Waals surface area contributed by atoms with Crippen LogP contribution < -0.4 is 4.90 Å². The van der Waals surface area contributed by atoms with E-state index in [-0.39, 0.29) is 5.78 Å². The third kappa shape index (κ3) is 5.18. The molecule has 0 amide bonds. The van der Waals surface area contributed by atoms with E-state index in [9.17, 15) is 4.79 Å². The molecule has 31 heavy (non-hydrogen) atoms. The zero-order chi connectivity index (χ0) is 21.8. The van der Waals surface area contributed by atoms with Crippen LogP contribution in [0.25, 0.3) is 0 Å². The van der Waals surface area contributed by atoms with E-state index in [1.54, 1.807) is 17.6 Å². The van der Waals surface area contributed by atoms with Gasteiger partial charge in [0.2, 0.25) is 5.78 Å². The fraction of sp³-hybridized carbons (Fsp3) is 0.240. The van der Waals surface area contributed by atoms with Crippen molar-refractivity contribution < 1.29 is 14.1 Å². The Labute approximate surface area is 191 Å². The monoisotopic (exact) mass is 453 g/mol. The molecule has 4 nitrogen and oxygen atoms in total. The molecule has 3 aromatic heterocycles. The summed E-state index contributed by atoms with van der Waals surface area (Å²) in [5.41, 5.74) is 3.88. The molecule has 1 unspecified atom stereocenters. The number of thiophene rings is 1. The first kappa shape index (κ1) is 21.6. The second kappa shape index (κ2) is 9.69. The van der Waals surface area contributed by atoms with Gasteiger partial charge in [-0.2, -0.15) is 0 Å². The Bertz CT molecular complexity index is 1110. The van der Waals surface area contributed by atoms with E-state index >= 15 is 0 Å². The Morgan fingerprint density at radius 1 is 1.10 bits per heavy atom. The van der Waals surface area contributed by atoms with Gasteiger partial charge in [-0.3, -0.25) is 4.79 Å². The second-order valence-corrected chi connectivity index (χ2v) is 9.26. The minimum Gasteiger partial charge on any atom is -0.463 e. The van der Waals surface area contributed by atoms with Crippen LogP contribution in [0.5, 0.6) is 0 Å². The Kier molecular flexibility index (Phi) is 6.76. The molecule has 0 aliphatic rings. The van der Waals surface area contributed by atoms with Gasteiger partial charge in [-0.25, -0.2) is 0 Å². The maximum absolute atomic E-state index is 13.3. The van der Waals surface area contributed by atoms with Gasteiger partial charge < -0.3 is 13.9 Å². The van der Waals surface area contributed by atoms with Crippen LogP contribution in [0.3, 0.4) is 0 Å². The van der Waals surface area contributed by atoms with Crippen LogP contribution >= 0.6 is 22.9 Å². The number of furan rings is 1. The third-order valence-corrected chi connectivity index (χ3v) is 6.82. The van der Waals surface area contributed by atoms with E-state index in [2.05, 4.69) is 22.1 Å². The molecule has 3 heterocycles. The lowest BCUT2D eigenvalue weighted by atomic mass is 10.1. The van der Waals surface area contributed by atoms with Gasteiger partial charge in [0, 0.05) is 28.5 Å². The van der Waals surface area contributed by atoms with E-state index in [1.807, 2.05) is 56.3 Å². The minimum absolute atomic E-state index is 0.150. The van der Waals surface area contributed by atoms with Crippen LogP contribution in [0, 0.1) is 13.8 Å². The predicted octanol–water partition coefficient (Wildman–Crippen LogP) is 4.93. The molecule has 1 aromatic carbocycles. The Morgan fingerprint density at radius 2 is 1.94 bits per heavy atom. The molecular formula is C25H26ClN2O2S+. The van der Waals surface area contributed by atoms with Crippen molar-refractivity contribution in [1.82, 2.24) is 4.57 Å². The summed E-state index contributed by atoms with van der Waals surface area (Å²) in [5, 5.41) is 2.82. The number of carbonyl (C=O) groups is 1. The number of benzene rings is 1. The Balaban J connectivity index is 1.54. The lowest BCUT2D eigenvalue weighted by Gasteiger charge is -2.17. The molecule has 0 aliphatic carbocycles. The van der Waals surface area contributed by atoms with Gasteiger partial charge in [0.1, 0.15) is 19.6 Å². The fourth-order valence-electron chi connectivity index (χ4n) is 3.95. The van der Waals surface area contributed by atoms with Gasteiger partial charge in [-0.05, 0) is 55.1 Å². The molecule has 1 atom stereocenters. The van der Waals surface area contributed by atoms with Gasteiger partial charge in [0.25, 0.3) is 0 Å². The van der Waals surface area contributed by atoms with Crippen molar-refractivity contribution in [3.63, 3.8) is 0 Å². The summed E-state index contributed by atoms with van der Waals surface area (Å²) in [6.07, 6.45) is 1.68. The molecule has 0 saturated heterocycles. The second-order valence-electron chi connectivity index (χ2n) is 7.82. The molecule has 0 fully saturated rings. The van der Waals surface area contributed by atoms with Gasteiger partial charge in [-0.1, -0.05) is 35.9 Å². The maximum Gasteiger partial charge on any atom is 0.218 e. The average molecular weight is 454 g/mol. The first-order chi connectivity index (χ1) is 15.0. The molecule has 0 saturated carbocycles. The molecule has 160 valence electrons. The quantitative estimate of drug-likeness (QED) is 0.365.